The summed E-state index contributed by atoms with van der Waals surface area (Å²) in [5.74, 6) is 3.96. The molecule has 0 aliphatic heterocycles. The van der Waals surface area contributed by atoms with E-state index in [0.717, 1.165) is 41.6 Å². The van der Waals surface area contributed by atoms with Crippen molar-refractivity contribution in [2.45, 2.75) is 66.7 Å². The fourth-order valence-electron chi connectivity index (χ4n) is 3.53. The molecule has 1 aliphatic rings. The lowest BCUT2D eigenvalue weighted by Crippen LogP contribution is -2.20. The molecule has 4 rings (SSSR count). The van der Waals surface area contributed by atoms with E-state index >= 15 is 0 Å². The maximum atomic E-state index is 6.28. The minimum atomic E-state index is 0.167. The molecular weight excluding hydrogens is 398 g/mol. The van der Waals surface area contributed by atoms with Gasteiger partial charge in [0.2, 0.25) is 0 Å². The number of para-hydroxylation sites is 2. The Morgan fingerprint density at radius 2 is 1.78 bits per heavy atom. The Kier molecular flexibility index (Phi) is 8.36. The molecule has 2 atom stereocenters. The number of fused-ring (bicyclic) bond motifs is 1. The summed E-state index contributed by atoms with van der Waals surface area (Å²) in [5.41, 5.74) is 8.31. The van der Waals surface area contributed by atoms with E-state index in [1.165, 1.54) is 12.4 Å². The number of hydrogen-bond acceptors (Lipinski definition) is 5. The number of aromatic nitrogens is 4. The molecule has 32 heavy (non-hydrogen) atoms. The Hall–Kier alpha value is -2.96. The second-order valence-corrected chi connectivity index (χ2v) is 9.29. The molecule has 0 bridgehead atoms. The molecule has 2 heterocycles. The average Bonchev–Trinajstić information content (AvgIpc) is 3.44. The molecule has 2 aromatic heterocycles. The summed E-state index contributed by atoms with van der Waals surface area (Å²) in [6, 6.07) is 10.4. The van der Waals surface area contributed by atoms with Crippen LogP contribution in [-0.2, 0) is 7.05 Å². The summed E-state index contributed by atoms with van der Waals surface area (Å²) in [5, 5.41) is 9.74. The highest BCUT2D eigenvalue weighted by molar-refractivity contribution is 5.76. The average molecular weight is 438 g/mol. The third kappa shape index (κ3) is 6.77. The van der Waals surface area contributed by atoms with Crippen LogP contribution in [0.3, 0.4) is 0 Å². The van der Waals surface area contributed by atoms with Crippen molar-refractivity contribution in [3.05, 3.63) is 47.7 Å². The molecule has 3 aromatic rings. The van der Waals surface area contributed by atoms with Crippen LogP contribution in [0.2, 0.25) is 0 Å². The number of rotatable bonds is 4. The molecule has 4 N–H and O–H groups in total. The van der Waals surface area contributed by atoms with Gasteiger partial charge in [0.15, 0.2) is 0 Å². The SMILES string of the molecule is CC.CC(=N)N.Cc1nc(NCC(C)(C)C)cc([C@@H]2C[C@H]2c2nc3ccccc3n2C)n1. The van der Waals surface area contributed by atoms with Crippen LogP contribution in [-0.4, -0.2) is 31.9 Å². The van der Waals surface area contributed by atoms with Gasteiger partial charge in [-0.3, -0.25) is 5.41 Å². The van der Waals surface area contributed by atoms with Crippen molar-refractivity contribution in [1.29, 1.82) is 5.41 Å². The maximum Gasteiger partial charge on any atom is 0.129 e. The van der Waals surface area contributed by atoms with Gasteiger partial charge in [0, 0.05) is 31.5 Å². The van der Waals surface area contributed by atoms with Gasteiger partial charge in [0.1, 0.15) is 17.5 Å². The number of imidazole rings is 1. The zero-order valence-electron chi connectivity index (χ0n) is 20.8. The second-order valence-electron chi connectivity index (χ2n) is 9.29. The van der Waals surface area contributed by atoms with E-state index in [4.69, 9.17) is 21.1 Å². The number of hydrogen-bond donors (Lipinski definition) is 3. The highest BCUT2D eigenvalue weighted by Crippen LogP contribution is 2.54. The van der Waals surface area contributed by atoms with Gasteiger partial charge in [-0.25, -0.2) is 15.0 Å². The zero-order valence-corrected chi connectivity index (χ0v) is 20.8. The van der Waals surface area contributed by atoms with E-state index < -0.39 is 0 Å². The van der Waals surface area contributed by atoms with Gasteiger partial charge in [0.05, 0.1) is 22.6 Å². The third-order valence-electron chi connectivity index (χ3n) is 4.98. The van der Waals surface area contributed by atoms with Crippen molar-refractivity contribution in [3.63, 3.8) is 0 Å². The van der Waals surface area contributed by atoms with Gasteiger partial charge in [-0.2, -0.15) is 0 Å². The first-order valence-corrected chi connectivity index (χ1v) is 11.4. The molecule has 174 valence electrons. The quantitative estimate of drug-likeness (QED) is 0.376. The number of anilines is 1. The zero-order chi connectivity index (χ0) is 24.1. The normalized spacial score (nSPS) is 17.0. The predicted molar refractivity (Wildman–Crippen MR) is 134 cm³/mol. The van der Waals surface area contributed by atoms with Gasteiger partial charge >= 0.3 is 0 Å². The molecule has 0 radical (unpaired) electrons. The molecule has 0 amide bonds. The topological polar surface area (TPSA) is 106 Å². The lowest BCUT2D eigenvalue weighted by atomic mass is 9.97. The Morgan fingerprint density at radius 1 is 1.16 bits per heavy atom. The monoisotopic (exact) mass is 437 g/mol. The Balaban J connectivity index is 0.000000547. The number of benzene rings is 1. The first-order valence-electron chi connectivity index (χ1n) is 11.4. The smallest absolute Gasteiger partial charge is 0.129 e. The lowest BCUT2D eigenvalue weighted by Gasteiger charge is -2.19. The van der Waals surface area contributed by atoms with Crippen LogP contribution in [0.5, 0.6) is 0 Å². The van der Waals surface area contributed by atoms with Crippen molar-refractivity contribution < 1.29 is 0 Å². The van der Waals surface area contributed by atoms with Gasteiger partial charge in [0.25, 0.3) is 0 Å². The van der Waals surface area contributed by atoms with Gasteiger partial charge < -0.3 is 15.6 Å². The largest absolute Gasteiger partial charge is 0.388 e. The lowest BCUT2D eigenvalue weighted by molar-refractivity contribution is 0.442. The maximum absolute atomic E-state index is 6.28. The first kappa shape index (κ1) is 25.3. The number of nitrogens with zero attached hydrogens (tertiary/aromatic N) is 4. The van der Waals surface area contributed by atoms with E-state index in [1.54, 1.807) is 0 Å². The van der Waals surface area contributed by atoms with E-state index in [-0.39, 0.29) is 11.3 Å². The number of nitrogens with two attached hydrogens (primary N) is 1. The molecule has 7 heteroatoms. The van der Waals surface area contributed by atoms with Gasteiger partial charge in [-0.15, -0.1) is 0 Å². The minimum absolute atomic E-state index is 0.167. The van der Waals surface area contributed by atoms with Crippen LogP contribution in [0.4, 0.5) is 5.82 Å². The van der Waals surface area contributed by atoms with Crippen molar-refractivity contribution in [1.82, 2.24) is 19.5 Å². The Bertz CT molecular complexity index is 1040. The Morgan fingerprint density at radius 3 is 2.38 bits per heavy atom. The number of nitrogens with one attached hydrogen (secondary N) is 2. The summed E-state index contributed by atoms with van der Waals surface area (Å²) in [7, 11) is 2.11. The molecule has 7 nitrogen and oxygen atoms in total. The fraction of sp³-hybridized carbons (Fsp3) is 0.520. The molecule has 1 fully saturated rings. The van der Waals surface area contributed by atoms with Crippen LogP contribution in [0.15, 0.2) is 30.3 Å². The van der Waals surface area contributed by atoms with E-state index in [2.05, 4.69) is 67.0 Å². The summed E-state index contributed by atoms with van der Waals surface area (Å²) in [6.07, 6.45) is 1.10. The van der Waals surface area contributed by atoms with Crippen molar-refractivity contribution in [2.24, 2.45) is 18.2 Å². The van der Waals surface area contributed by atoms with E-state index in [1.807, 2.05) is 26.8 Å². The molecule has 0 saturated heterocycles. The standard InChI is InChI=1S/C21H27N5.C2H6N2.C2H6/c1-13-23-17(11-19(24-13)22-12-21(2,3)4)14-10-15(14)20-25-16-8-6-7-9-18(16)26(20)5;1-2(3)4;1-2/h6-9,11,14-15H,10,12H2,1-5H3,(H,22,23,24);1H3,(H3,3,4);1-2H3/t14-,15-;;/m1../s1. The molecule has 1 saturated carbocycles. The second kappa shape index (κ2) is 10.6. The van der Waals surface area contributed by atoms with Gasteiger partial charge in [-0.1, -0.05) is 46.8 Å². The molecule has 1 aromatic carbocycles. The van der Waals surface area contributed by atoms with Crippen LogP contribution in [0.1, 0.15) is 77.1 Å². The molecular formula is C25H39N7. The fourth-order valence-corrected chi connectivity index (χ4v) is 3.53. The van der Waals surface area contributed by atoms with E-state index in [9.17, 15) is 0 Å². The minimum Gasteiger partial charge on any atom is -0.388 e. The van der Waals surface area contributed by atoms with E-state index in [0.29, 0.717) is 11.8 Å². The molecule has 1 aliphatic carbocycles. The van der Waals surface area contributed by atoms with Crippen molar-refractivity contribution in [3.8, 4) is 0 Å². The summed E-state index contributed by atoms with van der Waals surface area (Å²) in [4.78, 5) is 14.1. The van der Waals surface area contributed by atoms with Crippen LogP contribution in [0, 0.1) is 17.7 Å². The van der Waals surface area contributed by atoms with Gasteiger partial charge in [-0.05, 0) is 37.8 Å². The van der Waals surface area contributed by atoms with Crippen LogP contribution in [0.25, 0.3) is 11.0 Å². The van der Waals surface area contributed by atoms with Crippen LogP contribution < -0.4 is 11.1 Å². The summed E-state index contributed by atoms with van der Waals surface area (Å²) in [6.45, 7) is 15.0. The first-order chi connectivity index (χ1) is 15.0. The Labute approximate surface area is 192 Å². The molecule has 0 spiro atoms. The number of amidine groups is 1. The predicted octanol–water partition coefficient (Wildman–Crippen LogP) is 5.37. The highest BCUT2D eigenvalue weighted by Gasteiger charge is 2.44. The number of aryl methyl sites for hydroxylation is 2. The summed E-state index contributed by atoms with van der Waals surface area (Å²) < 4.78 is 2.23. The van der Waals surface area contributed by atoms with Crippen LogP contribution >= 0.6 is 0 Å². The third-order valence-corrected chi connectivity index (χ3v) is 4.98. The summed E-state index contributed by atoms with van der Waals surface area (Å²) >= 11 is 0. The highest BCUT2D eigenvalue weighted by atomic mass is 15.1. The molecule has 0 unspecified atom stereocenters. The van der Waals surface area contributed by atoms with Crippen molar-refractivity contribution >= 4 is 22.7 Å². The van der Waals surface area contributed by atoms with Crippen molar-refractivity contribution in [2.75, 3.05) is 11.9 Å².